The van der Waals surface area contributed by atoms with E-state index in [1.807, 2.05) is 22.8 Å². The number of rotatable bonds is 6. The highest BCUT2D eigenvalue weighted by Gasteiger charge is 2.27. The van der Waals surface area contributed by atoms with Crippen molar-refractivity contribution in [1.29, 1.82) is 0 Å². The van der Waals surface area contributed by atoms with Gasteiger partial charge in [0.1, 0.15) is 5.82 Å². The highest BCUT2D eigenvalue weighted by atomic mass is 19.1. The first-order valence-electron chi connectivity index (χ1n) is 10.8. The minimum absolute atomic E-state index is 0.0959. The van der Waals surface area contributed by atoms with Crippen LogP contribution in [0.15, 0.2) is 24.3 Å². The molecule has 5 heteroatoms. The van der Waals surface area contributed by atoms with Crippen LogP contribution in [0, 0.1) is 17.7 Å². The highest BCUT2D eigenvalue weighted by molar-refractivity contribution is 5.80. The summed E-state index contributed by atoms with van der Waals surface area (Å²) in [6.07, 6.45) is 8.73. The summed E-state index contributed by atoms with van der Waals surface area (Å²) in [5.41, 5.74) is 0.845. The second kappa shape index (κ2) is 10.0. The maximum Gasteiger partial charge on any atom is 0.225 e. The van der Waals surface area contributed by atoms with Gasteiger partial charge < -0.3 is 9.80 Å². The summed E-state index contributed by atoms with van der Waals surface area (Å²) in [7, 11) is 0. The Kier molecular flexibility index (Phi) is 7.46. The molecule has 0 N–H and O–H groups in total. The van der Waals surface area contributed by atoms with Gasteiger partial charge in [-0.3, -0.25) is 9.59 Å². The Hall–Kier alpha value is -1.91. The lowest BCUT2D eigenvalue weighted by molar-refractivity contribution is -0.141. The monoisotopic (exact) mass is 388 g/mol. The molecule has 1 saturated heterocycles. The number of benzene rings is 1. The van der Waals surface area contributed by atoms with Crippen LogP contribution in [0.5, 0.6) is 0 Å². The van der Waals surface area contributed by atoms with E-state index in [0.717, 1.165) is 17.9 Å². The summed E-state index contributed by atoms with van der Waals surface area (Å²) < 4.78 is 13.3. The van der Waals surface area contributed by atoms with Crippen molar-refractivity contribution in [3.8, 4) is 0 Å². The van der Waals surface area contributed by atoms with Crippen molar-refractivity contribution in [2.24, 2.45) is 11.8 Å². The van der Waals surface area contributed by atoms with E-state index in [-0.39, 0.29) is 23.5 Å². The molecule has 4 nitrogen and oxygen atoms in total. The summed E-state index contributed by atoms with van der Waals surface area (Å²) in [6.45, 7) is 4.35. The van der Waals surface area contributed by atoms with Crippen LogP contribution in [0.1, 0.15) is 57.4 Å². The van der Waals surface area contributed by atoms with Crippen LogP contribution in [0.4, 0.5) is 4.39 Å². The molecule has 3 rings (SSSR count). The summed E-state index contributed by atoms with van der Waals surface area (Å²) in [4.78, 5) is 29.0. The predicted molar refractivity (Wildman–Crippen MR) is 108 cm³/mol. The van der Waals surface area contributed by atoms with E-state index >= 15 is 0 Å². The number of piperazine rings is 1. The molecular formula is C23H33FN2O2. The molecule has 1 heterocycles. The minimum atomic E-state index is -0.266. The third-order valence-corrected chi connectivity index (χ3v) is 6.29. The van der Waals surface area contributed by atoms with E-state index in [9.17, 15) is 14.0 Å². The molecule has 1 aliphatic heterocycles. The molecule has 1 aromatic carbocycles. The number of carbonyl (C=O) groups excluding carboxylic acids is 2. The third kappa shape index (κ3) is 5.79. The molecule has 28 heavy (non-hydrogen) atoms. The van der Waals surface area contributed by atoms with Gasteiger partial charge in [-0.1, -0.05) is 51.2 Å². The lowest BCUT2D eigenvalue weighted by atomic mass is 9.86. The van der Waals surface area contributed by atoms with Crippen molar-refractivity contribution in [3.05, 3.63) is 35.6 Å². The molecule has 0 aromatic heterocycles. The fourth-order valence-electron chi connectivity index (χ4n) is 4.55. The lowest BCUT2D eigenvalue weighted by Crippen LogP contribution is -2.51. The van der Waals surface area contributed by atoms with Crippen LogP contribution in [0.2, 0.25) is 0 Å². The Morgan fingerprint density at radius 1 is 1.07 bits per heavy atom. The van der Waals surface area contributed by atoms with E-state index in [2.05, 4.69) is 0 Å². The quantitative estimate of drug-likeness (QED) is 0.738. The minimum Gasteiger partial charge on any atom is -0.339 e. The van der Waals surface area contributed by atoms with E-state index in [1.54, 1.807) is 6.07 Å². The zero-order valence-electron chi connectivity index (χ0n) is 17.0. The molecule has 1 aromatic rings. The molecule has 2 amide bonds. The standard InChI is InChI=1S/C23H33FN2O2/c1-18(16-20-8-5-9-21(24)17-20)23(28)26-14-12-25(13-15-26)22(27)11-10-19-6-3-2-4-7-19/h5,8-9,17-19H,2-4,6-7,10-16H2,1H3. The van der Waals surface area contributed by atoms with Gasteiger partial charge in [0, 0.05) is 38.5 Å². The van der Waals surface area contributed by atoms with Crippen molar-refractivity contribution in [1.82, 2.24) is 9.80 Å². The summed E-state index contributed by atoms with van der Waals surface area (Å²) in [5.74, 6) is 0.612. The lowest BCUT2D eigenvalue weighted by Gasteiger charge is -2.36. The number of hydrogen-bond acceptors (Lipinski definition) is 2. The normalized spacial score (nSPS) is 19.5. The van der Waals surface area contributed by atoms with Gasteiger partial charge in [0.25, 0.3) is 0 Å². The third-order valence-electron chi connectivity index (χ3n) is 6.29. The Morgan fingerprint density at radius 2 is 1.75 bits per heavy atom. The highest BCUT2D eigenvalue weighted by Crippen LogP contribution is 2.27. The first-order chi connectivity index (χ1) is 13.5. The molecule has 2 aliphatic rings. The number of nitrogens with zero attached hydrogens (tertiary/aromatic N) is 2. The van der Waals surface area contributed by atoms with Crippen molar-refractivity contribution >= 4 is 11.8 Å². The molecule has 154 valence electrons. The summed E-state index contributed by atoms with van der Waals surface area (Å²) in [5, 5.41) is 0. The van der Waals surface area contributed by atoms with Crippen LogP contribution >= 0.6 is 0 Å². The van der Waals surface area contributed by atoms with Crippen LogP contribution in [-0.2, 0) is 16.0 Å². The predicted octanol–water partition coefficient (Wildman–Crippen LogP) is 4.04. The maximum atomic E-state index is 13.3. The fraction of sp³-hybridized carbons (Fsp3) is 0.652. The van der Waals surface area contributed by atoms with Gasteiger partial charge in [0.05, 0.1) is 0 Å². The second-order valence-corrected chi connectivity index (χ2v) is 8.48. The Bertz CT molecular complexity index is 664. The molecule has 0 spiro atoms. The van der Waals surface area contributed by atoms with Gasteiger partial charge in [-0.15, -0.1) is 0 Å². The summed E-state index contributed by atoms with van der Waals surface area (Å²) >= 11 is 0. The average molecular weight is 389 g/mol. The first kappa shape index (κ1) is 20.8. The van der Waals surface area contributed by atoms with E-state index in [0.29, 0.717) is 39.0 Å². The summed E-state index contributed by atoms with van der Waals surface area (Å²) in [6, 6.07) is 6.45. The van der Waals surface area contributed by atoms with E-state index < -0.39 is 0 Å². The fourth-order valence-corrected chi connectivity index (χ4v) is 4.55. The van der Waals surface area contributed by atoms with E-state index in [4.69, 9.17) is 0 Å². The van der Waals surface area contributed by atoms with Gasteiger partial charge >= 0.3 is 0 Å². The molecular weight excluding hydrogens is 355 g/mol. The average Bonchev–Trinajstić information content (AvgIpc) is 2.72. The molecule has 2 fully saturated rings. The van der Waals surface area contributed by atoms with Crippen LogP contribution < -0.4 is 0 Å². The zero-order chi connectivity index (χ0) is 19.9. The van der Waals surface area contributed by atoms with Crippen LogP contribution in [0.25, 0.3) is 0 Å². The first-order valence-corrected chi connectivity index (χ1v) is 10.8. The largest absolute Gasteiger partial charge is 0.339 e. The number of hydrogen-bond donors (Lipinski definition) is 0. The van der Waals surface area contributed by atoms with Crippen molar-refractivity contribution < 1.29 is 14.0 Å². The topological polar surface area (TPSA) is 40.6 Å². The molecule has 1 unspecified atom stereocenters. The molecule has 0 bridgehead atoms. The van der Waals surface area contributed by atoms with Crippen molar-refractivity contribution in [2.45, 2.75) is 58.3 Å². The number of halogens is 1. The van der Waals surface area contributed by atoms with Crippen LogP contribution in [0.3, 0.4) is 0 Å². The van der Waals surface area contributed by atoms with Gasteiger partial charge in [0.2, 0.25) is 11.8 Å². The Balaban J connectivity index is 1.41. The van der Waals surface area contributed by atoms with Crippen molar-refractivity contribution in [3.63, 3.8) is 0 Å². The van der Waals surface area contributed by atoms with Crippen molar-refractivity contribution in [2.75, 3.05) is 26.2 Å². The maximum absolute atomic E-state index is 13.3. The number of carbonyl (C=O) groups is 2. The zero-order valence-corrected chi connectivity index (χ0v) is 17.0. The van der Waals surface area contributed by atoms with Gasteiger partial charge in [-0.2, -0.15) is 0 Å². The Labute approximate surface area is 168 Å². The second-order valence-electron chi connectivity index (χ2n) is 8.48. The van der Waals surface area contributed by atoms with Gasteiger partial charge in [-0.25, -0.2) is 4.39 Å². The van der Waals surface area contributed by atoms with Gasteiger partial charge in [-0.05, 0) is 36.5 Å². The smallest absolute Gasteiger partial charge is 0.225 e. The molecule has 1 saturated carbocycles. The SMILES string of the molecule is CC(Cc1cccc(F)c1)C(=O)N1CCN(C(=O)CCC2CCCCC2)CC1. The molecule has 1 aliphatic carbocycles. The van der Waals surface area contributed by atoms with Gasteiger partial charge in [0.15, 0.2) is 0 Å². The van der Waals surface area contributed by atoms with E-state index in [1.165, 1.54) is 44.2 Å². The molecule has 1 atom stereocenters. The number of amides is 2. The van der Waals surface area contributed by atoms with Crippen LogP contribution in [-0.4, -0.2) is 47.8 Å². The molecule has 0 radical (unpaired) electrons. The Morgan fingerprint density at radius 3 is 2.43 bits per heavy atom.